The van der Waals surface area contributed by atoms with Crippen molar-refractivity contribution < 1.29 is 37.5 Å². The summed E-state index contributed by atoms with van der Waals surface area (Å²) in [6.07, 6.45) is 0.00958. The lowest BCUT2D eigenvalue weighted by atomic mass is 9.92. The van der Waals surface area contributed by atoms with Crippen molar-refractivity contribution in [3.05, 3.63) is 59.3 Å². The third-order valence-electron chi connectivity index (χ3n) is 5.80. The molecule has 0 aliphatic heterocycles. The van der Waals surface area contributed by atoms with Crippen LogP contribution in [0.5, 0.6) is 0 Å². The molecule has 0 amide bonds. The first-order chi connectivity index (χ1) is 19.1. The van der Waals surface area contributed by atoms with Crippen LogP contribution in [0.25, 0.3) is 22.2 Å². The largest absolute Gasteiger partial charge is 0.441 e. The molecule has 0 saturated heterocycles. The highest BCUT2D eigenvalue weighted by atomic mass is 16.6. The van der Waals surface area contributed by atoms with Crippen LogP contribution >= 0.6 is 0 Å². The second-order valence-corrected chi connectivity index (χ2v) is 12.5. The number of ether oxygens (including phenoxy) is 2. The van der Waals surface area contributed by atoms with E-state index >= 15 is 0 Å². The number of carbonyl (C=O) groups excluding carboxylic acids is 4. The molecule has 4 rings (SSSR count). The van der Waals surface area contributed by atoms with Crippen LogP contribution in [0.4, 0.5) is 0 Å². The fourth-order valence-electron chi connectivity index (χ4n) is 4.17. The van der Waals surface area contributed by atoms with Crippen molar-refractivity contribution in [1.82, 2.24) is 9.97 Å². The molecule has 0 saturated carbocycles. The Morgan fingerprint density at radius 2 is 1.02 bits per heavy atom. The summed E-state index contributed by atoms with van der Waals surface area (Å²) in [5.74, 6) is -2.73. The molecular weight excluding hydrogens is 528 g/mol. The number of esters is 4. The summed E-state index contributed by atoms with van der Waals surface area (Å²) in [6, 6.07) is 10.1. The summed E-state index contributed by atoms with van der Waals surface area (Å²) < 4.78 is 21.0. The molecule has 0 spiro atoms. The second-order valence-electron chi connectivity index (χ2n) is 12.5. The Morgan fingerprint density at radius 3 is 1.39 bits per heavy atom. The summed E-state index contributed by atoms with van der Waals surface area (Å²) in [4.78, 5) is 57.6. The number of hydrogen-bond acceptors (Lipinski definition) is 10. The van der Waals surface area contributed by atoms with Gasteiger partial charge in [-0.2, -0.15) is 0 Å². The van der Waals surface area contributed by atoms with E-state index in [-0.39, 0.29) is 23.7 Å². The van der Waals surface area contributed by atoms with Crippen LogP contribution in [0, 0.1) is 10.8 Å². The first-order valence-corrected chi connectivity index (χ1v) is 13.4. The first kappa shape index (κ1) is 29.6. The molecule has 0 aliphatic carbocycles. The number of hydrogen-bond donors (Lipinski definition) is 0. The Balaban J connectivity index is 1.25. The molecule has 0 radical (unpaired) electrons. The van der Waals surface area contributed by atoms with Gasteiger partial charge in [0.25, 0.3) is 0 Å². The van der Waals surface area contributed by atoms with Gasteiger partial charge in [-0.1, -0.05) is 53.7 Å². The number of aromatic nitrogens is 2. The van der Waals surface area contributed by atoms with Gasteiger partial charge in [-0.25, -0.2) is 9.97 Å². The maximum Gasteiger partial charge on any atom is 0.324 e. The number of nitrogens with zero attached hydrogens (tertiary/aromatic N) is 2. The molecule has 0 atom stereocenters. The topological polar surface area (TPSA) is 139 Å². The van der Waals surface area contributed by atoms with Crippen LogP contribution in [-0.4, -0.2) is 33.8 Å². The maximum atomic E-state index is 12.3. The van der Waals surface area contributed by atoms with Gasteiger partial charge in [-0.05, 0) is 46.2 Å². The zero-order chi connectivity index (χ0) is 29.9. The quantitative estimate of drug-likeness (QED) is 0.201. The van der Waals surface area contributed by atoms with Gasteiger partial charge in [0.2, 0.25) is 0 Å². The standard InChI is InChI=1S/C31H34N2O8/c1-30(2,3)16-24-32-20-11-18(7-9-22(20)38-24)13-26(34)40-28(36)15-29(37)41-27(35)14-19-8-10-23-21(12-19)33-25(39-23)17-31(4,5)6/h7-12H,13-17H2,1-6H3. The highest BCUT2D eigenvalue weighted by Gasteiger charge is 2.21. The van der Waals surface area contributed by atoms with Crippen LogP contribution in [0.15, 0.2) is 45.2 Å². The minimum Gasteiger partial charge on any atom is -0.441 e. The van der Waals surface area contributed by atoms with E-state index in [4.69, 9.17) is 18.3 Å². The van der Waals surface area contributed by atoms with E-state index in [0.717, 1.165) is 0 Å². The van der Waals surface area contributed by atoms with E-state index < -0.39 is 30.3 Å². The van der Waals surface area contributed by atoms with Crippen molar-refractivity contribution in [3.8, 4) is 0 Å². The van der Waals surface area contributed by atoms with Gasteiger partial charge in [0, 0.05) is 12.8 Å². The Hall–Kier alpha value is -4.34. The zero-order valence-electron chi connectivity index (χ0n) is 24.2. The summed E-state index contributed by atoms with van der Waals surface area (Å²) in [5.41, 5.74) is 3.51. The van der Waals surface area contributed by atoms with Crippen LogP contribution in [0.3, 0.4) is 0 Å². The second kappa shape index (κ2) is 11.6. The first-order valence-electron chi connectivity index (χ1n) is 13.4. The van der Waals surface area contributed by atoms with Gasteiger partial charge in [-0.15, -0.1) is 0 Å². The smallest absolute Gasteiger partial charge is 0.324 e. The van der Waals surface area contributed by atoms with Gasteiger partial charge in [0.1, 0.15) is 17.5 Å². The van der Waals surface area contributed by atoms with Crippen LogP contribution in [-0.2, 0) is 54.3 Å². The zero-order valence-corrected chi connectivity index (χ0v) is 24.2. The van der Waals surface area contributed by atoms with E-state index in [1.807, 2.05) is 0 Å². The highest BCUT2D eigenvalue weighted by Crippen LogP contribution is 2.25. The lowest BCUT2D eigenvalue weighted by Crippen LogP contribution is -2.21. The maximum absolute atomic E-state index is 12.3. The fraction of sp³-hybridized carbons (Fsp3) is 0.419. The number of carbonyl (C=O) groups is 4. The molecule has 2 aromatic heterocycles. The molecule has 0 fully saturated rings. The van der Waals surface area contributed by atoms with Gasteiger partial charge in [0.15, 0.2) is 22.9 Å². The van der Waals surface area contributed by atoms with Crippen molar-refractivity contribution >= 4 is 46.1 Å². The third-order valence-corrected chi connectivity index (χ3v) is 5.80. The fourth-order valence-corrected chi connectivity index (χ4v) is 4.17. The average molecular weight is 563 g/mol. The molecule has 10 heteroatoms. The molecule has 4 aromatic rings. The molecule has 2 aromatic carbocycles. The van der Waals surface area contributed by atoms with Crippen molar-refractivity contribution in [1.29, 1.82) is 0 Å². The van der Waals surface area contributed by atoms with Gasteiger partial charge < -0.3 is 18.3 Å². The summed E-state index contributed by atoms with van der Waals surface area (Å²) in [7, 11) is 0. The lowest BCUT2D eigenvalue weighted by molar-refractivity contribution is -0.165. The SMILES string of the molecule is CC(C)(C)Cc1nc2cc(CC(=O)OC(=O)CC(=O)OC(=O)Cc3ccc4oc(CC(C)(C)C)nc4c3)ccc2o1. The molecular formula is C31H34N2O8. The molecule has 0 unspecified atom stereocenters. The molecule has 216 valence electrons. The number of fused-ring (bicyclic) bond motifs is 2. The molecule has 10 nitrogen and oxygen atoms in total. The molecule has 2 heterocycles. The van der Waals surface area contributed by atoms with E-state index in [1.165, 1.54) is 0 Å². The Bertz CT molecular complexity index is 1490. The predicted octanol–water partition coefficient (Wildman–Crippen LogP) is 5.46. The number of benzene rings is 2. The Morgan fingerprint density at radius 1 is 0.634 bits per heavy atom. The monoisotopic (exact) mass is 562 g/mol. The average Bonchev–Trinajstić information content (AvgIpc) is 3.37. The van der Waals surface area contributed by atoms with Crippen molar-refractivity contribution in [2.24, 2.45) is 10.8 Å². The summed E-state index contributed by atoms with van der Waals surface area (Å²) >= 11 is 0. The normalized spacial score (nSPS) is 12.0. The molecule has 0 bridgehead atoms. The minimum absolute atomic E-state index is 0.00197. The predicted molar refractivity (Wildman–Crippen MR) is 149 cm³/mol. The van der Waals surface area contributed by atoms with E-state index in [1.54, 1.807) is 36.4 Å². The molecule has 0 N–H and O–H groups in total. The minimum atomic E-state index is -1.11. The lowest BCUT2D eigenvalue weighted by Gasteiger charge is -2.14. The molecule has 41 heavy (non-hydrogen) atoms. The van der Waals surface area contributed by atoms with Gasteiger partial charge in [-0.3, -0.25) is 19.2 Å². The van der Waals surface area contributed by atoms with Crippen LogP contribution in [0.2, 0.25) is 0 Å². The number of rotatable bonds is 8. The highest BCUT2D eigenvalue weighted by molar-refractivity contribution is 6.00. The van der Waals surface area contributed by atoms with E-state index in [0.29, 0.717) is 57.9 Å². The van der Waals surface area contributed by atoms with Crippen molar-refractivity contribution in [3.63, 3.8) is 0 Å². The van der Waals surface area contributed by atoms with E-state index in [2.05, 4.69) is 51.5 Å². The van der Waals surface area contributed by atoms with Crippen LogP contribution < -0.4 is 0 Å². The van der Waals surface area contributed by atoms with Gasteiger partial charge in [0.05, 0.1) is 12.8 Å². The summed E-state index contributed by atoms with van der Waals surface area (Å²) in [6.45, 7) is 12.5. The van der Waals surface area contributed by atoms with E-state index in [9.17, 15) is 19.2 Å². The number of oxazole rings is 2. The van der Waals surface area contributed by atoms with Crippen molar-refractivity contribution in [2.75, 3.05) is 0 Å². The third kappa shape index (κ3) is 8.83. The summed E-state index contributed by atoms with van der Waals surface area (Å²) in [5, 5.41) is 0. The Labute approximate surface area is 237 Å². The van der Waals surface area contributed by atoms with Crippen molar-refractivity contribution in [2.45, 2.75) is 73.6 Å². The Kier molecular flexibility index (Phi) is 8.42. The van der Waals surface area contributed by atoms with Crippen LogP contribution in [0.1, 0.15) is 70.9 Å². The van der Waals surface area contributed by atoms with Gasteiger partial charge >= 0.3 is 23.9 Å². The molecule has 0 aliphatic rings.